The number of nitrogens with zero attached hydrogens (tertiary/aromatic N) is 3. The van der Waals surface area contributed by atoms with Crippen molar-refractivity contribution in [1.82, 2.24) is 20.1 Å². The molecule has 8 heteroatoms. The predicted molar refractivity (Wildman–Crippen MR) is 107 cm³/mol. The number of nitrogens with one attached hydrogen (secondary N) is 1. The topological polar surface area (TPSA) is 82.2 Å². The van der Waals surface area contributed by atoms with Gasteiger partial charge in [0.1, 0.15) is 5.75 Å². The molecule has 146 valence electrons. The molecule has 1 amide bonds. The first-order valence-corrected chi connectivity index (χ1v) is 10.3. The molecule has 1 aliphatic carbocycles. The summed E-state index contributed by atoms with van der Waals surface area (Å²) in [6.07, 6.45) is 6.10. The van der Waals surface area contributed by atoms with Gasteiger partial charge in [-0.25, -0.2) is 0 Å². The Hall–Kier alpha value is -2.74. The van der Waals surface area contributed by atoms with Crippen LogP contribution in [-0.4, -0.2) is 39.6 Å². The molecule has 0 spiro atoms. The van der Waals surface area contributed by atoms with Crippen LogP contribution in [0.1, 0.15) is 25.7 Å². The van der Waals surface area contributed by atoms with E-state index in [1.165, 1.54) is 24.6 Å². The van der Waals surface area contributed by atoms with Crippen molar-refractivity contribution in [2.75, 3.05) is 12.9 Å². The Labute approximate surface area is 167 Å². The number of rotatable bonds is 7. The van der Waals surface area contributed by atoms with E-state index in [-0.39, 0.29) is 11.7 Å². The van der Waals surface area contributed by atoms with Crippen molar-refractivity contribution < 1.29 is 13.9 Å². The molecule has 1 fully saturated rings. The van der Waals surface area contributed by atoms with Crippen LogP contribution >= 0.6 is 11.8 Å². The van der Waals surface area contributed by atoms with Crippen molar-refractivity contribution in [2.45, 2.75) is 36.9 Å². The van der Waals surface area contributed by atoms with E-state index in [1.54, 1.807) is 19.4 Å². The van der Waals surface area contributed by atoms with Gasteiger partial charge in [-0.2, -0.15) is 0 Å². The number of para-hydroxylation sites is 2. The number of furan rings is 1. The van der Waals surface area contributed by atoms with Gasteiger partial charge in [0.15, 0.2) is 10.9 Å². The SMILES string of the molecule is COc1ccccc1-n1c(SCC(=O)NC2CCCC2)nnc1-c1ccco1. The highest BCUT2D eigenvalue weighted by Gasteiger charge is 2.22. The number of hydrogen-bond acceptors (Lipinski definition) is 6. The summed E-state index contributed by atoms with van der Waals surface area (Å²) >= 11 is 1.35. The van der Waals surface area contributed by atoms with Gasteiger partial charge in [0.25, 0.3) is 0 Å². The van der Waals surface area contributed by atoms with E-state index in [9.17, 15) is 4.79 Å². The van der Waals surface area contributed by atoms with Crippen molar-refractivity contribution >= 4 is 17.7 Å². The van der Waals surface area contributed by atoms with Crippen molar-refractivity contribution in [3.63, 3.8) is 0 Å². The summed E-state index contributed by atoms with van der Waals surface area (Å²) in [5, 5.41) is 12.3. The Bertz CT molecular complexity index is 933. The zero-order valence-corrected chi connectivity index (χ0v) is 16.4. The van der Waals surface area contributed by atoms with Crippen LogP contribution in [0.4, 0.5) is 0 Å². The highest BCUT2D eigenvalue weighted by molar-refractivity contribution is 7.99. The predicted octanol–water partition coefficient (Wildman–Crippen LogP) is 3.69. The molecule has 0 radical (unpaired) electrons. The van der Waals surface area contributed by atoms with Gasteiger partial charge in [-0.1, -0.05) is 36.7 Å². The minimum absolute atomic E-state index is 0.0195. The first-order valence-electron chi connectivity index (χ1n) is 9.31. The quantitative estimate of drug-likeness (QED) is 0.611. The van der Waals surface area contributed by atoms with E-state index in [0.717, 1.165) is 18.5 Å². The number of thioether (sulfide) groups is 1. The van der Waals surface area contributed by atoms with Crippen LogP contribution in [-0.2, 0) is 4.79 Å². The molecule has 7 nitrogen and oxygen atoms in total. The maximum absolute atomic E-state index is 12.3. The smallest absolute Gasteiger partial charge is 0.230 e. The van der Waals surface area contributed by atoms with Gasteiger partial charge in [-0.05, 0) is 37.1 Å². The number of ether oxygens (including phenoxy) is 1. The summed E-state index contributed by atoms with van der Waals surface area (Å²) in [6, 6.07) is 11.6. The molecule has 28 heavy (non-hydrogen) atoms. The molecule has 0 bridgehead atoms. The molecule has 0 unspecified atom stereocenters. The van der Waals surface area contributed by atoms with Crippen molar-refractivity contribution in [3.05, 3.63) is 42.7 Å². The molecule has 1 aliphatic rings. The average molecular weight is 398 g/mol. The standard InChI is InChI=1S/C20H22N4O3S/c1-26-16-10-5-4-9-15(16)24-19(17-11-6-12-27-17)22-23-20(24)28-13-18(25)21-14-7-2-3-8-14/h4-6,9-12,14H,2-3,7-8,13H2,1H3,(H,21,25). The summed E-state index contributed by atoms with van der Waals surface area (Å²) in [4.78, 5) is 12.3. The second-order valence-electron chi connectivity index (χ2n) is 6.63. The van der Waals surface area contributed by atoms with Gasteiger partial charge in [-0.3, -0.25) is 9.36 Å². The van der Waals surface area contributed by atoms with E-state index in [1.807, 2.05) is 34.9 Å². The van der Waals surface area contributed by atoms with Gasteiger partial charge in [0, 0.05) is 6.04 Å². The minimum atomic E-state index is 0.0195. The minimum Gasteiger partial charge on any atom is -0.495 e. The van der Waals surface area contributed by atoms with Gasteiger partial charge in [-0.15, -0.1) is 10.2 Å². The Morgan fingerprint density at radius 2 is 2.07 bits per heavy atom. The van der Waals surface area contributed by atoms with Crippen LogP contribution in [0.5, 0.6) is 5.75 Å². The summed E-state index contributed by atoms with van der Waals surface area (Å²) in [7, 11) is 1.62. The summed E-state index contributed by atoms with van der Waals surface area (Å²) in [6.45, 7) is 0. The van der Waals surface area contributed by atoms with E-state index in [2.05, 4.69) is 15.5 Å². The van der Waals surface area contributed by atoms with E-state index < -0.39 is 0 Å². The maximum atomic E-state index is 12.3. The summed E-state index contributed by atoms with van der Waals surface area (Å²) in [5.74, 6) is 2.15. The summed E-state index contributed by atoms with van der Waals surface area (Å²) in [5.41, 5.74) is 0.792. The lowest BCUT2D eigenvalue weighted by molar-refractivity contribution is -0.119. The number of aromatic nitrogens is 3. The van der Waals surface area contributed by atoms with Crippen LogP contribution in [0, 0.1) is 0 Å². The fraction of sp³-hybridized carbons (Fsp3) is 0.350. The number of carbonyl (C=O) groups is 1. The lowest BCUT2D eigenvalue weighted by Crippen LogP contribution is -2.33. The van der Waals surface area contributed by atoms with Crippen LogP contribution in [0.25, 0.3) is 17.3 Å². The molecule has 2 aromatic heterocycles. The Morgan fingerprint density at radius 3 is 2.82 bits per heavy atom. The normalized spacial score (nSPS) is 14.3. The Balaban J connectivity index is 1.61. The molecule has 4 rings (SSSR count). The third-order valence-electron chi connectivity index (χ3n) is 4.75. The maximum Gasteiger partial charge on any atom is 0.230 e. The fourth-order valence-electron chi connectivity index (χ4n) is 3.43. The molecule has 0 atom stereocenters. The number of methoxy groups -OCH3 is 1. The molecule has 1 aromatic carbocycles. The first kappa shape index (κ1) is 18.6. The van der Waals surface area contributed by atoms with E-state index in [0.29, 0.717) is 28.5 Å². The largest absolute Gasteiger partial charge is 0.495 e. The third-order valence-corrected chi connectivity index (χ3v) is 5.68. The molecule has 1 saturated carbocycles. The lowest BCUT2D eigenvalue weighted by Gasteiger charge is -2.14. The molecule has 0 aliphatic heterocycles. The second kappa shape index (κ2) is 8.52. The van der Waals surface area contributed by atoms with Crippen molar-refractivity contribution in [3.8, 4) is 23.0 Å². The zero-order chi connectivity index (χ0) is 19.3. The molecule has 3 aromatic rings. The monoisotopic (exact) mass is 398 g/mol. The first-order chi connectivity index (χ1) is 13.8. The number of carbonyl (C=O) groups excluding carboxylic acids is 1. The molecular weight excluding hydrogens is 376 g/mol. The van der Waals surface area contributed by atoms with Crippen LogP contribution in [0.15, 0.2) is 52.2 Å². The van der Waals surface area contributed by atoms with Crippen molar-refractivity contribution in [2.24, 2.45) is 0 Å². The highest BCUT2D eigenvalue weighted by Crippen LogP contribution is 2.32. The van der Waals surface area contributed by atoms with E-state index in [4.69, 9.17) is 9.15 Å². The zero-order valence-electron chi connectivity index (χ0n) is 15.6. The molecule has 2 heterocycles. The van der Waals surface area contributed by atoms with Crippen molar-refractivity contribution in [1.29, 1.82) is 0 Å². The van der Waals surface area contributed by atoms with Gasteiger partial charge in [0.05, 0.1) is 24.8 Å². The van der Waals surface area contributed by atoms with Crippen LogP contribution in [0.2, 0.25) is 0 Å². The van der Waals surface area contributed by atoms with Gasteiger partial charge in [0.2, 0.25) is 11.7 Å². The lowest BCUT2D eigenvalue weighted by atomic mass is 10.2. The van der Waals surface area contributed by atoms with Crippen LogP contribution in [0.3, 0.4) is 0 Å². The third kappa shape index (κ3) is 3.91. The Kier molecular flexibility index (Phi) is 5.66. The second-order valence-corrected chi connectivity index (χ2v) is 7.57. The molecule has 1 N–H and O–H groups in total. The highest BCUT2D eigenvalue weighted by atomic mass is 32.2. The fourth-order valence-corrected chi connectivity index (χ4v) is 4.19. The Morgan fingerprint density at radius 1 is 1.25 bits per heavy atom. The average Bonchev–Trinajstić information content (AvgIpc) is 3.47. The molecular formula is C20H22N4O3S. The summed E-state index contributed by atoms with van der Waals surface area (Å²) < 4.78 is 12.9. The van der Waals surface area contributed by atoms with Gasteiger partial charge < -0.3 is 14.5 Å². The number of amides is 1. The number of benzene rings is 1. The van der Waals surface area contributed by atoms with E-state index >= 15 is 0 Å². The van der Waals surface area contributed by atoms with Gasteiger partial charge >= 0.3 is 0 Å². The van der Waals surface area contributed by atoms with Crippen LogP contribution < -0.4 is 10.1 Å². The molecule has 0 saturated heterocycles. The number of hydrogen-bond donors (Lipinski definition) is 1.